The largest absolute Gasteiger partial charge is 0.345 e. The Morgan fingerprint density at radius 2 is 1.67 bits per heavy atom. The first-order chi connectivity index (χ1) is 10.1. The normalized spacial score (nSPS) is 11.2. The van der Waals surface area contributed by atoms with Gasteiger partial charge in [0.25, 0.3) is 10.0 Å². The van der Waals surface area contributed by atoms with E-state index in [4.69, 9.17) is 0 Å². The number of imidazole rings is 1. The van der Waals surface area contributed by atoms with Crippen LogP contribution in [0.25, 0.3) is 11.4 Å². The van der Waals surface area contributed by atoms with Gasteiger partial charge >= 0.3 is 0 Å². The quantitative estimate of drug-likeness (QED) is 0.778. The van der Waals surface area contributed by atoms with Crippen LogP contribution in [0.3, 0.4) is 0 Å². The highest BCUT2D eigenvalue weighted by molar-refractivity contribution is 7.92. The van der Waals surface area contributed by atoms with Crippen molar-refractivity contribution in [2.75, 3.05) is 4.72 Å². The van der Waals surface area contributed by atoms with Gasteiger partial charge in [0.2, 0.25) is 0 Å². The second kappa shape index (κ2) is 5.41. The second-order valence-electron chi connectivity index (χ2n) is 4.43. The SMILES string of the molecule is O=S(=O)(Nc1ccc(-c2ncc[nH]2)cc1)c1ccccc1. The number of nitrogens with one attached hydrogen (secondary N) is 2. The maximum atomic E-state index is 12.2. The number of rotatable bonds is 4. The van der Waals surface area contributed by atoms with Crippen LogP contribution in [0.4, 0.5) is 5.69 Å². The average molecular weight is 299 g/mol. The number of sulfonamides is 1. The van der Waals surface area contributed by atoms with Gasteiger partial charge in [-0.1, -0.05) is 18.2 Å². The van der Waals surface area contributed by atoms with E-state index in [-0.39, 0.29) is 4.90 Å². The van der Waals surface area contributed by atoms with Gasteiger partial charge in [-0.2, -0.15) is 0 Å². The molecule has 0 fully saturated rings. The summed E-state index contributed by atoms with van der Waals surface area (Å²) in [5.74, 6) is 0.743. The van der Waals surface area contributed by atoms with E-state index in [2.05, 4.69) is 14.7 Å². The Balaban J connectivity index is 1.83. The fourth-order valence-electron chi connectivity index (χ4n) is 1.93. The number of hydrogen-bond acceptors (Lipinski definition) is 3. The number of H-pyrrole nitrogens is 1. The van der Waals surface area contributed by atoms with Crippen LogP contribution in [-0.2, 0) is 10.0 Å². The first-order valence-electron chi connectivity index (χ1n) is 6.33. The molecule has 3 aromatic rings. The highest BCUT2D eigenvalue weighted by Crippen LogP contribution is 2.20. The van der Waals surface area contributed by atoms with Crippen molar-refractivity contribution in [1.29, 1.82) is 0 Å². The second-order valence-corrected chi connectivity index (χ2v) is 6.12. The van der Waals surface area contributed by atoms with E-state index < -0.39 is 10.0 Å². The van der Waals surface area contributed by atoms with Crippen LogP contribution in [0.1, 0.15) is 0 Å². The standard InChI is InChI=1S/C15H13N3O2S/c19-21(20,14-4-2-1-3-5-14)18-13-8-6-12(7-9-13)15-16-10-11-17-15/h1-11,18H,(H,16,17). The fourth-order valence-corrected chi connectivity index (χ4v) is 3.01. The summed E-state index contributed by atoms with van der Waals surface area (Å²) in [7, 11) is -3.55. The summed E-state index contributed by atoms with van der Waals surface area (Å²) >= 11 is 0. The number of benzene rings is 2. The maximum Gasteiger partial charge on any atom is 0.261 e. The molecule has 0 amide bonds. The molecule has 0 saturated carbocycles. The summed E-state index contributed by atoms with van der Waals surface area (Å²) in [5.41, 5.74) is 1.40. The van der Waals surface area contributed by atoms with Gasteiger partial charge in [0.1, 0.15) is 5.82 Å². The van der Waals surface area contributed by atoms with Crippen LogP contribution in [0.15, 0.2) is 71.9 Å². The van der Waals surface area contributed by atoms with Gasteiger partial charge in [0, 0.05) is 23.6 Å². The predicted octanol–water partition coefficient (Wildman–Crippen LogP) is 2.88. The molecule has 0 aliphatic carbocycles. The van der Waals surface area contributed by atoms with E-state index in [0.717, 1.165) is 11.4 Å². The third kappa shape index (κ3) is 2.95. The predicted molar refractivity (Wildman–Crippen MR) is 81.3 cm³/mol. The van der Waals surface area contributed by atoms with E-state index in [1.54, 1.807) is 54.9 Å². The van der Waals surface area contributed by atoms with Crippen molar-refractivity contribution in [3.8, 4) is 11.4 Å². The minimum atomic E-state index is -3.55. The maximum absolute atomic E-state index is 12.2. The van der Waals surface area contributed by atoms with Crippen molar-refractivity contribution < 1.29 is 8.42 Å². The molecule has 21 heavy (non-hydrogen) atoms. The van der Waals surface area contributed by atoms with Crippen molar-refractivity contribution in [2.24, 2.45) is 0 Å². The summed E-state index contributed by atoms with van der Waals surface area (Å²) in [6.45, 7) is 0. The van der Waals surface area contributed by atoms with E-state index >= 15 is 0 Å². The summed E-state index contributed by atoms with van der Waals surface area (Å²) in [6, 6.07) is 15.3. The highest BCUT2D eigenvalue weighted by Gasteiger charge is 2.13. The zero-order valence-electron chi connectivity index (χ0n) is 11.0. The molecule has 0 radical (unpaired) electrons. The lowest BCUT2D eigenvalue weighted by Crippen LogP contribution is -2.12. The minimum absolute atomic E-state index is 0.236. The molecule has 0 aliphatic rings. The topological polar surface area (TPSA) is 74.8 Å². The molecule has 5 nitrogen and oxygen atoms in total. The number of hydrogen-bond donors (Lipinski definition) is 2. The Hall–Kier alpha value is -2.60. The van der Waals surface area contributed by atoms with Gasteiger partial charge in [-0.25, -0.2) is 13.4 Å². The Bertz CT molecular complexity index is 811. The van der Waals surface area contributed by atoms with E-state index in [0.29, 0.717) is 5.69 Å². The molecule has 0 unspecified atom stereocenters. The van der Waals surface area contributed by atoms with Crippen molar-refractivity contribution in [3.05, 3.63) is 67.0 Å². The summed E-state index contributed by atoms with van der Waals surface area (Å²) in [4.78, 5) is 7.38. The molecule has 1 aromatic heterocycles. The van der Waals surface area contributed by atoms with Gasteiger partial charge in [-0.3, -0.25) is 4.72 Å². The Kier molecular flexibility index (Phi) is 3.45. The molecule has 0 atom stereocenters. The molecule has 3 rings (SSSR count). The van der Waals surface area contributed by atoms with Crippen LogP contribution in [0, 0.1) is 0 Å². The zero-order valence-corrected chi connectivity index (χ0v) is 11.8. The van der Waals surface area contributed by atoms with E-state index in [9.17, 15) is 8.42 Å². The number of nitrogens with zero attached hydrogens (tertiary/aromatic N) is 1. The highest BCUT2D eigenvalue weighted by atomic mass is 32.2. The lowest BCUT2D eigenvalue weighted by Gasteiger charge is -2.08. The molecule has 0 saturated heterocycles. The van der Waals surface area contributed by atoms with Crippen molar-refractivity contribution in [1.82, 2.24) is 9.97 Å². The first kappa shape index (κ1) is 13.4. The molecule has 0 spiro atoms. The van der Waals surface area contributed by atoms with Gasteiger partial charge in [-0.05, 0) is 36.4 Å². The van der Waals surface area contributed by atoms with Crippen molar-refractivity contribution >= 4 is 15.7 Å². The van der Waals surface area contributed by atoms with Crippen LogP contribution in [0.2, 0.25) is 0 Å². The third-order valence-electron chi connectivity index (χ3n) is 2.96. The fraction of sp³-hybridized carbons (Fsp3) is 0. The van der Waals surface area contributed by atoms with Crippen LogP contribution >= 0.6 is 0 Å². The average Bonchev–Trinajstić information content (AvgIpc) is 3.03. The summed E-state index contributed by atoms with van der Waals surface area (Å²) < 4.78 is 26.9. The van der Waals surface area contributed by atoms with Gasteiger partial charge < -0.3 is 4.98 Å². The first-order valence-corrected chi connectivity index (χ1v) is 7.81. The van der Waals surface area contributed by atoms with Crippen molar-refractivity contribution in [3.63, 3.8) is 0 Å². The Labute approximate surface area is 122 Å². The smallest absolute Gasteiger partial charge is 0.261 e. The molecular formula is C15H13N3O2S. The van der Waals surface area contributed by atoms with Gasteiger partial charge in [0.15, 0.2) is 0 Å². The lowest BCUT2D eigenvalue weighted by atomic mass is 10.2. The monoisotopic (exact) mass is 299 g/mol. The molecule has 0 bridgehead atoms. The minimum Gasteiger partial charge on any atom is -0.345 e. The number of aromatic amines is 1. The van der Waals surface area contributed by atoms with Crippen LogP contribution < -0.4 is 4.72 Å². The molecular weight excluding hydrogens is 286 g/mol. The van der Waals surface area contributed by atoms with Gasteiger partial charge in [-0.15, -0.1) is 0 Å². The lowest BCUT2D eigenvalue weighted by molar-refractivity contribution is 0.601. The Morgan fingerprint density at radius 1 is 0.952 bits per heavy atom. The molecule has 106 valence electrons. The molecule has 2 aromatic carbocycles. The van der Waals surface area contributed by atoms with E-state index in [1.807, 2.05) is 12.1 Å². The summed E-state index contributed by atoms with van der Waals surface area (Å²) in [6.07, 6.45) is 3.41. The van der Waals surface area contributed by atoms with Gasteiger partial charge in [0.05, 0.1) is 4.90 Å². The summed E-state index contributed by atoms with van der Waals surface area (Å²) in [5, 5.41) is 0. The molecule has 0 aliphatic heterocycles. The molecule has 2 N–H and O–H groups in total. The third-order valence-corrected chi connectivity index (χ3v) is 4.36. The van der Waals surface area contributed by atoms with Crippen molar-refractivity contribution in [2.45, 2.75) is 4.90 Å². The molecule has 6 heteroatoms. The van der Waals surface area contributed by atoms with Crippen LogP contribution in [0.5, 0.6) is 0 Å². The number of aromatic nitrogens is 2. The zero-order chi connectivity index (χ0) is 14.7. The number of anilines is 1. The van der Waals surface area contributed by atoms with E-state index in [1.165, 1.54) is 0 Å². The Morgan fingerprint density at radius 3 is 2.29 bits per heavy atom. The van der Waals surface area contributed by atoms with Crippen LogP contribution in [-0.4, -0.2) is 18.4 Å². The molecule has 1 heterocycles.